The number of fused-ring (bicyclic) bond motifs is 1. The molecular formula is C21H26N6O2. The summed E-state index contributed by atoms with van der Waals surface area (Å²) in [5, 5.41) is 8.12. The molecule has 3 heterocycles. The first-order valence-electron chi connectivity index (χ1n) is 10.5. The second kappa shape index (κ2) is 7.94. The predicted octanol–water partition coefficient (Wildman–Crippen LogP) is 3.35. The lowest BCUT2D eigenvalue weighted by atomic mass is 9.98. The quantitative estimate of drug-likeness (QED) is 0.726. The number of ether oxygens (including phenoxy) is 2. The Morgan fingerprint density at radius 2 is 2.03 bits per heavy atom. The van der Waals surface area contributed by atoms with E-state index in [4.69, 9.17) is 14.5 Å². The summed E-state index contributed by atoms with van der Waals surface area (Å²) >= 11 is 0. The first-order valence-corrected chi connectivity index (χ1v) is 10.5. The highest BCUT2D eigenvalue weighted by atomic mass is 16.5. The van der Waals surface area contributed by atoms with E-state index >= 15 is 0 Å². The van der Waals surface area contributed by atoms with Crippen molar-refractivity contribution < 1.29 is 9.47 Å². The van der Waals surface area contributed by atoms with Crippen LogP contribution in [0.1, 0.15) is 39.0 Å². The molecule has 0 bridgehead atoms. The fourth-order valence-corrected chi connectivity index (χ4v) is 4.09. The van der Waals surface area contributed by atoms with Crippen LogP contribution in [0.5, 0.6) is 6.01 Å². The fourth-order valence-electron chi connectivity index (χ4n) is 4.09. The van der Waals surface area contributed by atoms with Gasteiger partial charge in [-0.25, -0.2) is 0 Å². The van der Waals surface area contributed by atoms with E-state index in [1.165, 1.54) is 19.3 Å². The monoisotopic (exact) mass is 394 g/mol. The molecule has 1 aliphatic heterocycles. The summed E-state index contributed by atoms with van der Waals surface area (Å²) in [5.74, 6) is 1.28. The van der Waals surface area contributed by atoms with Crippen LogP contribution in [-0.2, 0) is 4.74 Å². The molecule has 1 aromatic carbocycles. The van der Waals surface area contributed by atoms with Crippen LogP contribution in [0.25, 0.3) is 22.3 Å². The molecule has 8 heteroatoms. The summed E-state index contributed by atoms with van der Waals surface area (Å²) in [7, 11) is 0. The van der Waals surface area contributed by atoms with Gasteiger partial charge in [0.25, 0.3) is 0 Å². The minimum Gasteiger partial charge on any atom is -0.460 e. The second-order valence-electron chi connectivity index (χ2n) is 7.91. The van der Waals surface area contributed by atoms with E-state index < -0.39 is 0 Å². The van der Waals surface area contributed by atoms with E-state index in [2.05, 4.69) is 32.0 Å². The molecule has 1 atom stereocenters. The van der Waals surface area contributed by atoms with Crippen molar-refractivity contribution in [1.29, 1.82) is 0 Å². The van der Waals surface area contributed by atoms with Crippen molar-refractivity contribution in [2.75, 3.05) is 24.7 Å². The van der Waals surface area contributed by atoms with Gasteiger partial charge in [-0.05, 0) is 50.8 Å². The van der Waals surface area contributed by atoms with Gasteiger partial charge >= 0.3 is 6.01 Å². The average Bonchev–Trinajstić information content (AvgIpc) is 3.22. The zero-order valence-electron chi connectivity index (χ0n) is 16.7. The summed E-state index contributed by atoms with van der Waals surface area (Å²) < 4.78 is 11.8. The number of hydrogen-bond acceptors (Lipinski definition) is 7. The first kappa shape index (κ1) is 18.3. The topological polar surface area (TPSA) is 89.0 Å². The van der Waals surface area contributed by atoms with Crippen LogP contribution in [-0.4, -0.2) is 57.1 Å². The molecule has 0 amide bonds. The van der Waals surface area contributed by atoms with Gasteiger partial charge in [-0.1, -0.05) is 6.42 Å². The molecule has 2 fully saturated rings. The van der Waals surface area contributed by atoms with Crippen molar-refractivity contribution in [2.45, 2.75) is 51.2 Å². The molecular weight excluding hydrogens is 368 g/mol. The molecule has 0 radical (unpaired) electrons. The molecule has 1 aliphatic carbocycles. The van der Waals surface area contributed by atoms with Crippen molar-refractivity contribution >= 4 is 16.9 Å². The molecule has 8 nitrogen and oxygen atoms in total. The average molecular weight is 394 g/mol. The SMILES string of the molecule is C[C@H]1COCCN1c1nc(OC2CCCCC2)nc(-c2ccc3[nH]ncc3c2)n1. The van der Waals surface area contributed by atoms with Gasteiger partial charge < -0.3 is 14.4 Å². The van der Waals surface area contributed by atoms with E-state index in [9.17, 15) is 0 Å². The van der Waals surface area contributed by atoms with E-state index in [1.54, 1.807) is 0 Å². The van der Waals surface area contributed by atoms with Gasteiger partial charge in [-0.15, -0.1) is 0 Å². The fraction of sp³-hybridized carbons (Fsp3) is 0.524. The Morgan fingerprint density at radius 1 is 1.14 bits per heavy atom. The van der Waals surface area contributed by atoms with Crippen LogP contribution >= 0.6 is 0 Å². The first-order chi connectivity index (χ1) is 14.3. The van der Waals surface area contributed by atoms with E-state index in [-0.39, 0.29) is 12.1 Å². The van der Waals surface area contributed by atoms with Crippen LogP contribution in [0.15, 0.2) is 24.4 Å². The van der Waals surface area contributed by atoms with Crippen molar-refractivity contribution in [3.63, 3.8) is 0 Å². The zero-order chi connectivity index (χ0) is 19.6. The van der Waals surface area contributed by atoms with E-state index in [0.717, 1.165) is 35.9 Å². The number of benzene rings is 1. The Bertz CT molecular complexity index is 984. The number of nitrogens with zero attached hydrogens (tertiary/aromatic N) is 5. The zero-order valence-corrected chi connectivity index (χ0v) is 16.7. The minimum atomic E-state index is 0.185. The van der Waals surface area contributed by atoms with Crippen LogP contribution in [0.3, 0.4) is 0 Å². The Hall–Kier alpha value is -2.74. The summed E-state index contributed by atoms with van der Waals surface area (Å²) in [6.45, 7) is 4.22. The second-order valence-corrected chi connectivity index (χ2v) is 7.91. The molecule has 0 spiro atoms. The normalized spacial score (nSPS) is 20.9. The van der Waals surface area contributed by atoms with E-state index in [1.807, 2.05) is 24.4 Å². The summed E-state index contributed by atoms with van der Waals surface area (Å²) in [6, 6.07) is 6.68. The largest absolute Gasteiger partial charge is 0.460 e. The van der Waals surface area contributed by atoms with Crippen molar-refractivity contribution in [2.24, 2.45) is 0 Å². The Morgan fingerprint density at radius 3 is 2.90 bits per heavy atom. The van der Waals surface area contributed by atoms with Gasteiger partial charge in [0.2, 0.25) is 5.95 Å². The van der Waals surface area contributed by atoms with Crippen molar-refractivity contribution in [1.82, 2.24) is 25.1 Å². The lowest BCUT2D eigenvalue weighted by Crippen LogP contribution is -2.44. The molecule has 3 aromatic rings. The summed E-state index contributed by atoms with van der Waals surface area (Å²) in [6.07, 6.45) is 7.80. The van der Waals surface area contributed by atoms with Gasteiger partial charge in [0, 0.05) is 17.5 Å². The third kappa shape index (κ3) is 3.89. The molecule has 5 rings (SSSR count). The van der Waals surface area contributed by atoms with Gasteiger partial charge in [0.1, 0.15) is 6.10 Å². The third-order valence-electron chi connectivity index (χ3n) is 5.75. The number of H-pyrrole nitrogens is 1. The Labute approximate surface area is 169 Å². The predicted molar refractivity (Wildman–Crippen MR) is 110 cm³/mol. The van der Waals surface area contributed by atoms with Crippen molar-refractivity contribution in [3.05, 3.63) is 24.4 Å². The number of anilines is 1. The van der Waals surface area contributed by atoms with E-state index in [0.29, 0.717) is 31.0 Å². The van der Waals surface area contributed by atoms with Crippen LogP contribution in [0.2, 0.25) is 0 Å². The Kier molecular flexibility index (Phi) is 5.01. The molecule has 29 heavy (non-hydrogen) atoms. The smallest absolute Gasteiger partial charge is 0.322 e. The highest BCUT2D eigenvalue weighted by Gasteiger charge is 2.25. The third-order valence-corrected chi connectivity index (χ3v) is 5.75. The van der Waals surface area contributed by atoms with Crippen molar-refractivity contribution in [3.8, 4) is 17.4 Å². The standard InChI is InChI=1S/C21H26N6O2/c1-14-13-28-10-9-27(14)20-23-19(15-7-8-18-16(11-15)12-22-26-18)24-21(25-20)29-17-5-3-2-4-6-17/h7-8,11-12,14,17H,2-6,9-10,13H2,1H3,(H,22,26)/t14-/m0/s1. The lowest BCUT2D eigenvalue weighted by Gasteiger charge is -2.33. The number of aromatic amines is 1. The summed E-state index contributed by atoms with van der Waals surface area (Å²) in [4.78, 5) is 16.3. The number of nitrogens with one attached hydrogen (secondary N) is 1. The maximum atomic E-state index is 6.22. The Balaban J connectivity index is 1.53. The molecule has 0 unspecified atom stereocenters. The molecule has 1 saturated carbocycles. The van der Waals surface area contributed by atoms with Crippen LogP contribution < -0.4 is 9.64 Å². The van der Waals surface area contributed by atoms with Gasteiger partial charge in [-0.3, -0.25) is 5.10 Å². The number of morpholine rings is 1. The van der Waals surface area contributed by atoms with Crippen LogP contribution in [0, 0.1) is 0 Å². The van der Waals surface area contributed by atoms with Gasteiger partial charge in [0.15, 0.2) is 5.82 Å². The number of hydrogen-bond donors (Lipinski definition) is 1. The maximum Gasteiger partial charge on any atom is 0.322 e. The highest BCUT2D eigenvalue weighted by molar-refractivity contribution is 5.82. The lowest BCUT2D eigenvalue weighted by molar-refractivity contribution is 0.0976. The molecule has 2 aromatic heterocycles. The molecule has 1 saturated heterocycles. The number of rotatable bonds is 4. The molecule has 1 N–H and O–H groups in total. The maximum absolute atomic E-state index is 6.22. The molecule has 152 valence electrons. The minimum absolute atomic E-state index is 0.185. The van der Waals surface area contributed by atoms with Gasteiger partial charge in [-0.2, -0.15) is 20.1 Å². The van der Waals surface area contributed by atoms with Gasteiger partial charge in [0.05, 0.1) is 31.0 Å². The number of aromatic nitrogens is 5. The highest BCUT2D eigenvalue weighted by Crippen LogP contribution is 2.27. The summed E-state index contributed by atoms with van der Waals surface area (Å²) in [5.41, 5.74) is 1.92. The van der Waals surface area contributed by atoms with Crippen LogP contribution in [0.4, 0.5) is 5.95 Å². The molecule has 2 aliphatic rings.